The zero-order valence-electron chi connectivity index (χ0n) is 10.9. The summed E-state index contributed by atoms with van der Waals surface area (Å²) in [5.41, 5.74) is 2.48. The molecule has 1 nitrogen and oxygen atoms in total. The molecule has 2 aromatic carbocycles. The molecule has 3 heteroatoms. The van der Waals surface area contributed by atoms with Crippen molar-refractivity contribution in [2.75, 3.05) is 0 Å². The summed E-state index contributed by atoms with van der Waals surface area (Å²) in [6.45, 7) is 2.17. The Kier molecular flexibility index (Phi) is 1.97. The molecule has 96 valence electrons. The molecular formula is C17H11NS2. The lowest BCUT2D eigenvalue weighted by Gasteiger charge is -1.93. The number of benzene rings is 2. The molecule has 5 rings (SSSR count). The van der Waals surface area contributed by atoms with Gasteiger partial charge in [0.05, 0.1) is 0 Å². The van der Waals surface area contributed by atoms with Crippen LogP contribution in [-0.2, 0) is 0 Å². The molecule has 3 heterocycles. The zero-order valence-corrected chi connectivity index (χ0v) is 12.5. The summed E-state index contributed by atoms with van der Waals surface area (Å²) in [6, 6.07) is 13.7. The van der Waals surface area contributed by atoms with Gasteiger partial charge in [-0.05, 0) is 59.5 Å². The van der Waals surface area contributed by atoms with E-state index in [-0.39, 0.29) is 0 Å². The largest absolute Gasteiger partial charge is 0.354 e. The van der Waals surface area contributed by atoms with Gasteiger partial charge in [-0.3, -0.25) is 0 Å². The predicted molar refractivity (Wildman–Crippen MR) is 91.3 cm³/mol. The lowest BCUT2D eigenvalue weighted by atomic mass is 10.1. The quantitative estimate of drug-likeness (QED) is 0.357. The maximum absolute atomic E-state index is 3.57. The summed E-state index contributed by atoms with van der Waals surface area (Å²) < 4.78 is 2.74. The minimum absolute atomic E-state index is 1.24. The first kappa shape index (κ1) is 10.9. The van der Waals surface area contributed by atoms with Crippen molar-refractivity contribution in [3.63, 3.8) is 0 Å². The number of hydrogen-bond acceptors (Lipinski definition) is 2. The van der Waals surface area contributed by atoms with Gasteiger partial charge in [-0.15, -0.1) is 22.7 Å². The molecule has 0 aliphatic carbocycles. The van der Waals surface area contributed by atoms with E-state index in [1.165, 1.54) is 46.9 Å². The molecule has 0 radical (unpaired) electrons. The van der Waals surface area contributed by atoms with Crippen LogP contribution >= 0.6 is 22.7 Å². The van der Waals surface area contributed by atoms with E-state index in [1.807, 2.05) is 22.7 Å². The van der Waals surface area contributed by atoms with E-state index < -0.39 is 0 Å². The van der Waals surface area contributed by atoms with Gasteiger partial charge in [0.1, 0.15) is 0 Å². The topological polar surface area (TPSA) is 15.8 Å². The van der Waals surface area contributed by atoms with Crippen LogP contribution in [0.4, 0.5) is 0 Å². The Balaban J connectivity index is 2.01. The Hall–Kier alpha value is -1.84. The van der Waals surface area contributed by atoms with E-state index in [0.717, 1.165) is 0 Å². The average Bonchev–Trinajstić information content (AvgIpc) is 3.08. The third-order valence-corrected chi connectivity index (χ3v) is 5.82. The Morgan fingerprint density at radius 3 is 2.45 bits per heavy atom. The molecule has 0 saturated heterocycles. The maximum atomic E-state index is 3.57. The van der Waals surface area contributed by atoms with E-state index in [1.54, 1.807) is 0 Å². The molecule has 5 aromatic rings. The lowest BCUT2D eigenvalue weighted by Crippen LogP contribution is -1.67. The van der Waals surface area contributed by atoms with Gasteiger partial charge in [0, 0.05) is 36.1 Å². The summed E-state index contributed by atoms with van der Waals surface area (Å²) >= 11 is 3.68. The maximum Gasteiger partial charge on any atom is 0.0471 e. The predicted octanol–water partition coefficient (Wildman–Crippen LogP) is 6.06. The fourth-order valence-electron chi connectivity index (χ4n) is 3.03. The lowest BCUT2D eigenvalue weighted by molar-refractivity contribution is 1.57. The van der Waals surface area contributed by atoms with Crippen molar-refractivity contribution in [3.05, 3.63) is 46.7 Å². The Morgan fingerprint density at radius 2 is 1.60 bits per heavy atom. The van der Waals surface area contributed by atoms with E-state index in [9.17, 15) is 0 Å². The van der Waals surface area contributed by atoms with Crippen LogP contribution in [-0.4, -0.2) is 4.98 Å². The number of H-pyrrole nitrogens is 1. The van der Waals surface area contributed by atoms with Crippen molar-refractivity contribution in [1.82, 2.24) is 4.98 Å². The van der Waals surface area contributed by atoms with E-state index in [0.29, 0.717) is 0 Å². The van der Waals surface area contributed by atoms with Crippen LogP contribution in [0.25, 0.3) is 42.0 Å². The van der Waals surface area contributed by atoms with Crippen molar-refractivity contribution < 1.29 is 0 Å². The van der Waals surface area contributed by atoms with Crippen molar-refractivity contribution in [2.24, 2.45) is 0 Å². The molecule has 0 aliphatic heterocycles. The van der Waals surface area contributed by atoms with E-state index in [4.69, 9.17) is 0 Å². The second-order valence-electron chi connectivity index (χ2n) is 5.27. The van der Waals surface area contributed by atoms with Crippen LogP contribution in [0.1, 0.15) is 4.88 Å². The molecule has 0 atom stereocenters. The SMILES string of the molecule is Cc1cc2cc3[nH]c4cc5ccsc5cc4c3cc2s1. The van der Waals surface area contributed by atoms with Gasteiger partial charge in [0.15, 0.2) is 0 Å². The highest BCUT2D eigenvalue weighted by molar-refractivity contribution is 7.19. The highest BCUT2D eigenvalue weighted by atomic mass is 32.1. The number of aromatic amines is 1. The normalized spacial score (nSPS) is 12.2. The number of thiophene rings is 2. The Bertz CT molecular complexity index is 1110. The number of hydrogen-bond donors (Lipinski definition) is 1. The molecule has 0 fully saturated rings. The molecule has 3 aromatic heterocycles. The van der Waals surface area contributed by atoms with Gasteiger partial charge in [0.25, 0.3) is 0 Å². The number of aromatic nitrogens is 1. The Labute approximate surface area is 123 Å². The molecule has 0 unspecified atom stereocenters. The third kappa shape index (κ3) is 1.37. The van der Waals surface area contributed by atoms with E-state index >= 15 is 0 Å². The zero-order chi connectivity index (χ0) is 13.3. The van der Waals surface area contributed by atoms with Crippen molar-refractivity contribution in [2.45, 2.75) is 6.92 Å². The summed E-state index contributed by atoms with van der Waals surface area (Å²) in [6.07, 6.45) is 0. The first-order valence-electron chi connectivity index (χ1n) is 6.61. The standard InChI is InChI=1S/C17H11NS2/c1-9-4-11-6-15-13(8-17(11)20-9)12-7-16-10(2-3-19-16)5-14(12)18-15/h2-8,18H,1H3. The second kappa shape index (κ2) is 3.62. The highest BCUT2D eigenvalue weighted by Gasteiger charge is 2.09. The molecular weight excluding hydrogens is 282 g/mol. The summed E-state index contributed by atoms with van der Waals surface area (Å²) in [7, 11) is 0. The van der Waals surface area contributed by atoms with Crippen LogP contribution in [0.2, 0.25) is 0 Å². The monoisotopic (exact) mass is 293 g/mol. The Morgan fingerprint density at radius 1 is 0.850 bits per heavy atom. The molecule has 0 spiro atoms. The highest BCUT2D eigenvalue weighted by Crippen LogP contribution is 2.35. The van der Waals surface area contributed by atoms with Crippen LogP contribution in [0.3, 0.4) is 0 Å². The van der Waals surface area contributed by atoms with Crippen LogP contribution in [0, 0.1) is 6.92 Å². The summed E-state index contributed by atoms with van der Waals surface area (Å²) in [5, 5.41) is 7.50. The van der Waals surface area contributed by atoms with Gasteiger partial charge in [-0.2, -0.15) is 0 Å². The van der Waals surface area contributed by atoms with Gasteiger partial charge in [-0.1, -0.05) is 0 Å². The smallest absolute Gasteiger partial charge is 0.0471 e. The number of fused-ring (bicyclic) bond motifs is 5. The fraction of sp³-hybridized carbons (Fsp3) is 0.0588. The number of rotatable bonds is 0. The van der Waals surface area contributed by atoms with Crippen LogP contribution in [0.15, 0.2) is 41.8 Å². The van der Waals surface area contributed by atoms with Crippen molar-refractivity contribution in [1.29, 1.82) is 0 Å². The minimum Gasteiger partial charge on any atom is -0.354 e. The second-order valence-corrected chi connectivity index (χ2v) is 7.51. The van der Waals surface area contributed by atoms with E-state index in [2.05, 4.69) is 53.7 Å². The average molecular weight is 293 g/mol. The molecule has 0 bridgehead atoms. The van der Waals surface area contributed by atoms with Crippen molar-refractivity contribution in [3.8, 4) is 0 Å². The van der Waals surface area contributed by atoms with Gasteiger partial charge in [0.2, 0.25) is 0 Å². The first-order valence-corrected chi connectivity index (χ1v) is 8.30. The first-order chi connectivity index (χ1) is 9.78. The summed E-state index contributed by atoms with van der Waals surface area (Å²) in [4.78, 5) is 4.94. The molecule has 20 heavy (non-hydrogen) atoms. The van der Waals surface area contributed by atoms with Crippen LogP contribution in [0.5, 0.6) is 0 Å². The summed E-state index contributed by atoms with van der Waals surface area (Å²) in [5.74, 6) is 0. The third-order valence-electron chi connectivity index (χ3n) is 3.93. The molecule has 0 amide bonds. The number of aryl methyl sites for hydroxylation is 1. The van der Waals surface area contributed by atoms with Crippen molar-refractivity contribution >= 4 is 64.7 Å². The molecule has 1 N–H and O–H groups in total. The van der Waals surface area contributed by atoms with Gasteiger partial charge < -0.3 is 4.98 Å². The van der Waals surface area contributed by atoms with Gasteiger partial charge >= 0.3 is 0 Å². The van der Waals surface area contributed by atoms with Crippen LogP contribution < -0.4 is 0 Å². The molecule has 0 saturated carbocycles. The van der Waals surface area contributed by atoms with Gasteiger partial charge in [-0.25, -0.2) is 0 Å². The molecule has 0 aliphatic rings. The minimum atomic E-state index is 1.24. The number of nitrogens with one attached hydrogen (secondary N) is 1. The fourth-order valence-corrected chi connectivity index (χ4v) is 4.78.